The molecule has 0 radical (unpaired) electrons. The number of carbonyl (C=O) groups is 2. The summed E-state index contributed by atoms with van der Waals surface area (Å²) < 4.78 is 0. The summed E-state index contributed by atoms with van der Waals surface area (Å²) in [5.74, 6) is -0.0198. The zero-order valence-corrected chi connectivity index (χ0v) is 12.4. The van der Waals surface area contributed by atoms with E-state index in [1.165, 1.54) is 11.3 Å². The normalized spacial score (nSPS) is 16.5. The summed E-state index contributed by atoms with van der Waals surface area (Å²) in [7, 11) is 0. The van der Waals surface area contributed by atoms with Gasteiger partial charge in [-0.05, 0) is 19.9 Å². The molecule has 2 amide bonds. The van der Waals surface area contributed by atoms with Gasteiger partial charge in [-0.15, -0.1) is 11.3 Å². The van der Waals surface area contributed by atoms with Crippen LogP contribution in [-0.4, -0.2) is 47.4 Å². The molecular formula is C13H20N4O2S. The lowest BCUT2D eigenvalue weighted by Crippen LogP contribution is -2.42. The van der Waals surface area contributed by atoms with Gasteiger partial charge in [-0.1, -0.05) is 0 Å². The zero-order chi connectivity index (χ0) is 14.5. The van der Waals surface area contributed by atoms with Crippen molar-refractivity contribution in [3.8, 4) is 0 Å². The fourth-order valence-corrected chi connectivity index (χ4v) is 3.02. The van der Waals surface area contributed by atoms with Crippen LogP contribution in [-0.2, 0) is 11.2 Å². The molecule has 2 rings (SSSR count). The fourth-order valence-electron chi connectivity index (χ4n) is 2.22. The van der Waals surface area contributed by atoms with E-state index in [2.05, 4.69) is 10.3 Å². The number of aromatic nitrogens is 1. The van der Waals surface area contributed by atoms with E-state index in [0.717, 1.165) is 18.0 Å². The van der Waals surface area contributed by atoms with Crippen LogP contribution in [0.25, 0.3) is 0 Å². The average molecular weight is 296 g/mol. The zero-order valence-electron chi connectivity index (χ0n) is 11.6. The smallest absolute Gasteiger partial charge is 0.271 e. The van der Waals surface area contributed by atoms with Crippen molar-refractivity contribution >= 4 is 23.2 Å². The molecule has 0 saturated carbocycles. The van der Waals surface area contributed by atoms with Gasteiger partial charge in [0.15, 0.2) is 0 Å². The molecule has 1 saturated heterocycles. The van der Waals surface area contributed by atoms with E-state index in [4.69, 9.17) is 5.73 Å². The summed E-state index contributed by atoms with van der Waals surface area (Å²) in [4.78, 5) is 29.6. The van der Waals surface area contributed by atoms with E-state index in [0.29, 0.717) is 31.6 Å². The first-order valence-electron chi connectivity index (χ1n) is 6.83. The number of nitrogens with one attached hydrogen (secondary N) is 1. The predicted molar refractivity (Wildman–Crippen MR) is 77.6 cm³/mol. The Kier molecular flexibility index (Phi) is 5.08. The molecule has 0 spiro atoms. The third-order valence-corrected chi connectivity index (χ3v) is 4.09. The van der Waals surface area contributed by atoms with E-state index in [1.54, 1.807) is 10.3 Å². The van der Waals surface area contributed by atoms with Crippen molar-refractivity contribution in [1.82, 2.24) is 15.2 Å². The maximum atomic E-state index is 12.0. The molecule has 1 aromatic rings. The molecule has 1 aliphatic heterocycles. The molecule has 1 aliphatic rings. The molecule has 20 heavy (non-hydrogen) atoms. The Bertz CT molecular complexity index is 488. The van der Waals surface area contributed by atoms with Crippen LogP contribution in [0.2, 0.25) is 0 Å². The molecule has 0 aliphatic carbocycles. The quantitative estimate of drug-likeness (QED) is 0.794. The molecule has 1 unspecified atom stereocenters. The highest BCUT2D eigenvalue weighted by Gasteiger charge is 2.23. The van der Waals surface area contributed by atoms with E-state index < -0.39 is 0 Å². The largest absolute Gasteiger partial charge is 0.346 e. The van der Waals surface area contributed by atoms with Crippen LogP contribution in [0.5, 0.6) is 0 Å². The van der Waals surface area contributed by atoms with Crippen molar-refractivity contribution in [2.45, 2.75) is 32.2 Å². The van der Waals surface area contributed by atoms with Gasteiger partial charge in [-0.2, -0.15) is 0 Å². The third kappa shape index (κ3) is 3.77. The maximum Gasteiger partial charge on any atom is 0.271 e. The summed E-state index contributed by atoms with van der Waals surface area (Å²) >= 11 is 1.45. The van der Waals surface area contributed by atoms with Crippen LogP contribution in [0.4, 0.5) is 0 Å². The van der Waals surface area contributed by atoms with Crippen molar-refractivity contribution in [2.75, 3.05) is 19.6 Å². The summed E-state index contributed by atoms with van der Waals surface area (Å²) in [6.07, 6.45) is 2.22. The fraction of sp³-hybridized carbons (Fsp3) is 0.615. The number of rotatable bonds is 6. The highest BCUT2D eigenvalue weighted by atomic mass is 32.1. The Morgan fingerprint density at radius 1 is 1.65 bits per heavy atom. The monoisotopic (exact) mass is 296 g/mol. The number of amides is 2. The first-order chi connectivity index (χ1) is 9.60. The number of hydrogen-bond donors (Lipinski definition) is 2. The van der Waals surface area contributed by atoms with Gasteiger partial charge in [0.05, 0.1) is 5.01 Å². The van der Waals surface area contributed by atoms with Crippen LogP contribution in [0.1, 0.15) is 35.3 Å². The second-order valence-corrected chi connectivity index (χ2v) is 5.93. The van der Waals surface area contributed by atoms with Crippen molar-refractivity contribution < 1.29 is 9.59 Å². The minimum Gasteiger partial charge on any atom is -0.346 e. The van der Waals surface area contributed by atoms with Crippen molar-refractivity contribution in [1.29, 1.82) is 0 Å². The highest BCUT2D eigenvalue weighted by molar-refractivity contribution is 7.09. The minimum absolute atomic E-state index is 0.0794. The topological polar surface area (TPSA) is 88.3 Å². The first-order valence-corrected chi connectivity index (χ1v) is 7.71. The number of nitrogens with zero attached hydrogens (tertiary/aromatic N) is 2. The molecule has 7 heteroatoms. The first kappa shape index (κ1) is 14.9. The lowest BCUT2D eigenvalue weighted by molar-refractivity contribution is -0.127. The number of nitrogens with two attached hydrogens (primary N) is 1. The predicted octanol–water partition coefficient (Wildman–Crippen LogP) is 0.385. The summed E-state index contributed by atoms with van der Waals surface area (Å²) in [5, 5.41) is 5.50. The van der Waals surface area contributed by atoms with Gasteiger partial charge in [-0.25, -0.2) is 4.98 Å². The molecule has 6 nitrogen and oxygen atoms in total. The molecule has 2 heterocycles. The number of likely N-dealkylation sites (tertiary alicyclic amines) is 1. The van der Waals surface area contributed by atoms with Crippen LogP contribution in [0.15, 0.2) is 5.38 Å². The maximum absolute atomic E-state index is 12.0. The second-order valence-electron chi connectivity index (χ2n) is 4.98. The molecule has 3 N–H and O–H groups in total. The van der Waals surface area contributed by atoms with Gasteiger partial charge in [0.2, 0.25) is 5.91 Å². The number of thiazole rings is 1. The van der Waals surface area contributed by atoms with Crippen LogP contribution in [0, 0.1) is 0 Å². The van der Waals surface area contributed by atoms with Gasteiger partial charge in [0.25, 0.3) is 5.91 Å². The van der Waals surface area contributed by atoms with E-state index in [9.17, 15) is 9.59 Å². The van der Waals surface area contributed by atoms with Gasteiger partial charge >= 0.3 is 0 Å². The standard InChI is InChI=1S/C13H20N4O2S/c1-9(7-17-6-2-3-12(17)18)15-13(19)10-8-20-11(16-10)4-5-14/h8-9H,2-7,14H2,1H3,(H,15,19). The Labute approximate surface area is 122 Å². The van der Waals surface area contributed by atoms with Gasteiger partial charge in [0.1, 0.15) is 5.69 Å². The molecule has 0 bridgehead atoms. The van der Waals surface area contributed by atoms with Gasteiger partial charge in [0, 0.05) is 37.4 Å². The van der Waals surface area contributed by atoms with Crippen LogP contribution >= 0.6 is 11.3 Å². The third-order valence-electron chi connectivity index (χ3n) is 3.19. The van der Waals surface area contributed by atoms with Gasteiger partial charge < -0.3 is 16.0 Å². The summed E-state index contributed by atoms with van der Waals surface area (Å²) in [6, 6.07) is -0.0794. The van der Waals surface area contributed by atoms with Crippen molar-refractivity contribution in [3.63, 3.8) is 0 Å². The van der Waals surface area contributed by atoms with E-state index >= 15 is 0 Å². The summed E-state index contributed by atoms with van der Waals surface area (Å²) in [6.45, 7) is 3.78. The number of carbonyl (C=O) groups excluding carboxylic acids is 2. The van der Waals surface area contributed by atoms with E-state index in [-0.39, 0.29) is 17.9 Å². The molecule has 1 aromatic heterocycles. The molecule has 1 atom stereocenters. The number of hydrogen-bond acceptors (Lipinski definition) is 5. The molecular weight excluding hydrogens is 276 g/mol. The average Bonchev–Trinajstić information content (AvgIpc) is 3.00. The Morgan fingerprint density at radius 2 is 2.45 bits per heavy atom. The van der Waals surface area contributed by atoms with Crippen molar-refractivity contribution in [2.24, 2.45) is 5.73 Å². The molecule has 110 valence electrons. The lowest BCUT2D eigenvalue weighted by Gasteiger charge is -2.21. The Hall–Kier alpha value is -1.47. The minimum atomic E-state index is -0.191. The highest BCUT2D eigenvalue weighted by Crippen LogP contribution is 2.12. The SMILES string of the molecule is CC(CN1CCCC1=O)NC(=O)c1csc(CCN)n1. The Morgan fingerprint density at radius 3 is 3.10 bits per heavy atom. The van der Waals surface area contributed by atoms with Crippen LogP contribution < -0.4 is 11.1 Å². The van der Waals surface area contributed by atoms with Crippen LogP contribution in [0.3, 0.4) is 0 Å². The van der Waals surface area contributed by atoms with Gasteiger partial charge in [-0.3, -0.25) is 9.59 Å². The Balaban J connectivity index is 1.84. The van der Waals surface area contributed by atoms with Crippen molar-refractivity contribution in [3.05, 3.63) is 16.1 Å². The molecule has 0 aromatic carbocycles. The lowest BCUT2D eigenvalue weighted by atomic mass is 10.3. The summed E-state index contributed by atoms with van der Waals surface area (Å²) in [5.41, 5.74) is 5.89. The molecule has 1 fully saturated rings. The van der Waals surface area contributed by atoms with E-state index in [1.807, 2.05) is 6.92 Å². The second kappa shape index (κ2) is 6.81.